The normalized spacial score (nSPS) is 12.7. The van der Waals surface area contributed by atoms with Crippen molar-refractivity contribution >= 4 is 27.8 Å². The molecule has 0 spiro atoms. The molecule has 0 radical (unpaired) electrons. The number of aromatic nitrogens is 1. The van der Waals surface area contributed by atoms with E-state index in [0.29, 0.717) is 19.5 Å². The lowest BCUT2D eigenvalue weighted by Crippen LogP contribution is -2.32. The number of aliphatic hydroxyl groups is 2. The predicted octanol–water partition coefficient (Wildman–Crippen LogP) is 2.87. The molecule has 0 amide bonds. The average Bonchev–Trinajstić information content (AvgIpc) is 2.95. The highest BCUT2D eigenvalue weighted by atomic mass is 32.1. The van der Waals surface area contributed by atoms with Gasteiger partial charge in [-0.2, -0.15) is 0 Å². The van der Waals surface area contributed by atoms with Crippen molar-refractivity contribution < 1.29 is 14.8 Å². The third kappa shape index (κ3) is 5.09. The Morgan fingerprint density at radius 1 is 1.33 bits per heavy atom. The first-order valence-electron chi connectivity index (χ1n) is 8.00. The number of aliphatic hydroxyl groups excluding tert-OH is 2. The molecule has 6 nitrogen and oxygen atoms in total. The van der Waals surface area contributed by atoms with Crippen LogP contribution >= 0.6 is 11.3 Å². The fourth-order valence-electron chi connectivity index (χ4n) is 2.38. The van der Waals surface area contributed by atoms with Crippen LogP contribution in [0.15, 0.2) is 40.0 Å². The fourth-order valence-corrected chi connectivity index (χ4v) is 3.06. The van der Waals surface area contributed by atoms with Gasteiger partial charge in [-0.15, -0.1) is 0 Å². The molecule has 0 aliphatic rings. The van der Waals surface area contributed by atoms with Crippen molar-refractivity contribution in [1.29, 1.82) is 0 Å². The predicted molar refractivity (Wildman–Crippen MR) is 96.4 cm³/mol. The van der Waals surface area contributed by atoms with E-state index >= 15 is 0 Å². The number of aryl methyl sites for hydroxylation is 2. The minimum absolute atomic E-state index is 0.138. The van der Waals surface area contributed by atoms with Crippen LogP contribution in [0.2, 0.25) is 0 Å². The smallest absolute Gasteiger partial charge is 0.396 e. The Labute approximate surface area is 146 Å². The van der Waals surface area contributed by atoms with Crippen molar-refractivity contribution in [2.45, 2.75) is 26.4 Å². The lowest BCUT2D eigenvalue weighted by molar-refractivity contribution is -0.654. The molecule has 1 heterocycles. The molecule has 0 saturated carbocycles. The van der Waals surface area contributed by atoms with Crippen LogP contribution in [0.1, 0.15) is 18.9 Å². The second kappa shape index (κ2) is 8.86. The first kappa shape index (κ1) is 18.5. The Hall–Kier alpha value is -1.83. The first-order chi connectivity index (χ1) is 11.5. The molecule has 0 fully saturated rings. The number of hydrogen-bond donors (Lipinski definition) is 2. The van der Waals surface area contributed by atoms with Crippen LogP contribution in [0.5, 0.6) is 0 Å². The van der Waals surface area contributed by atoms with Gasteiger partial charge in [0, 0.05) is 30.8 Å². The van der Waals surface area contributed by atoms with Gasteiger partial charge >= 0.3 is 5.13 Å². The summed E-state index contributed by atoms with van der Waals surface area (Å²) in [6.07, 6.45) is 2.19. The molecule has 1 unspecified atom stereocenters. The van der Waals surface area contributed by atoms with E-state index in [-0.39, 0.29) is 6.61 Å². The maximum atomic E-state index is 9.68. The Bertz CT molecular complexity index is 685. The maximum absolute atomic E-state index is 9.68. The largest absolute Gasteiger partial charge is 0.408 e. The minimum atomic E-state index is -0.429. The standard InChI is InChI=1S/C17H25N4O2S/c1-13-11-15(21(7-4-9-22)12-14(2)23)5-6-16(13)18-19-17-20(3)8-10-24-17/h5-6,8,10-11,14,22-23H,4,7,9,12H2,1-3H3/q+1. The highest BCUT2D eigenvalue weighted by Gasteiger charge is 2.12. The van der Waals surface area contributed by atoms with E-state index in [4.69, 9.17) is 5.11 Å². The van der Waals surface area contributed by atoms with Gasteiger partial charge in [-0.1, -0.05) is 0 Å². The number of rotatable bonds is 8. The molecule has 0 aliphatic heterocycles. The molecular formula is C17H25N4O2S+. The van der Waals surface area contributed by atoms with Gasteiger partial charge in [-0.25, -0.2) is 4.57 Å². The number of nitrogens with zero attached hydrogens (tertiary/aromatic N) is 4. The number of anilines is 1. The maximum Gasteiger partial charge on any atom is 0.408 e. The van der Waals surface area contributed by atoms with E-state index in [1.807, 2.05) is 48.3 Å². The monoisotopic (exact) mass is 349 g/mol. The SMILES string of the molecule is Cc1cc(N(CCCO)CC(C)O)ccc1N=Nc1scc[n+]1C. The fraction of sp³-hybridized carbons (Fsp3) is 0.471. The molecular weight excluding hydrogens is 324 g/mol. The van der Waals surface area contributed by atoms with Crippen LogP contribution in [0, 0.1) is 6.92 Å². The summed E-state index contributed by atoms with van der Waals surface area (Å²) in [5.41, 5.74) is 2.86. The van der Waals surface area contributed by atoms with Gasteiger partial charge in [0.25, 0.3) is 0 Å². The Kier molecular flexibility index (Phi) is 6.84. The average molecular weight is 349 g/mol. The van der Waals surface area contributed by atoms with Gasteiger partial charge in [-0.05, 0) is 60.5 Å². The molecule has 2 N–H and O–H groups in total. The molecule has 24 heavy (non-hydrogen) atoms. The van der Waals surface area contributed by atoms with E-state index in [0.717, 1.165) is 22.1 Å². The quantitative estimate of drug-likeness (QED) is 0.568. The van der Waals surface area contributed by atoms with Crippen molar-refractivity contribution in [1.82, 2.24) is 0 Å². The van der Waals surface area contributed by atoms with Crippen LogP contribution in [0.3, 0.4) is 0 Å². The number of azo groups is 1. The van der Waals surface area contributed by atoms with Gasteiger partial charge in [-0.3, -0.25) is 0 Å². The van der Waals surface area contributed by atoms with Crippen molar-refractivity contribution in [3.63, 3.8) is 0 Å². The second-order valence-electron chi connectivity index (χ2n) is 5.84. The molecule has 1 aromatic carbocycles. The van der Waals surface area contributed by atoms with Crippen LogP contribution in [0.25, 0.3) is 0 Å². The van der Waals surface area contributed by atoms with Gasteiger partial charge in [0.15, 0.2) is 0 Å². The summed E-state index contributed by atoms with van der Waals surface area (Å²) in [5, 5.41) is 30.2. The van der Waals surface area contributed by atoms with E-state index in [2.05, 4.69) is 15.1 Å². The number of thiazole rings is 1. The molecule has 0 aliphatic carbocycles. The topological polar surface area (TPSA) is 72.3 Å². The Balaban J connectivity index is 2.17. The van der Waals surface area contributed by atoms with Crippen molar-refractivity contribution in [3.05, 3.63) is 35.3 Å². The lowest BCUT2D eigenvalue weighted by atomic mass is 10.1. The molecule has 2 aromatic rings. The first-order valence-corrected chi connectivity index (χ1v) is 8.88. The van der Waals surface area contributed by atoms with E-state index in [1.54, 1.807) is 18.3 Å². The highest BCUT2D eigenvalue weighted by molar-refractivity contribution is 7.12. The van der Waals surface area contributed by atoms with Gasteiger partial charge in [0.1, 0.15) is 11.9 Å². The van der Waals surface area contributed by atoms with Gasteiger partial charge in [0.2, 0.25) is 0 Å². The van der Waals surface area contributed by atoms with Crippen LogP contribution in [-0.2, 0) is 7.05 Å². The molecule has 0 saturated heterocycles. The Morgan fingerprint density at radius 3 is 2.71 bits per heavy atom. The third-order valence-corrected chi connectivity index (χ3v) is 4.46. The van der Waals surface area contributed by atoms with Crippen molar-refractivity contribution in [2.75, 3.05) is 24.6 Å². The van der Waals surface area contributed by atoms with Crippen LogP contribution < -0.4 is 9.47 Å². The zero-order valence-corrected chi connectivity index (χ0v) is 15.2. The number of benzene rings is 1. The van der Waals surface area contributed by atoms with Crippen LogP contribution in [0.4, 0.5) is 16.5 Å². The third-order valence-electron chi connectivity index (χ3n) is 3.62. The molecule has 1 aromatic heterocycles. The Morgan fingerprint density at radius 2 is 2.12 bits per heavy atom. The van der Waals surface area contributed by atoms with Gasteiger partial charge < -0.3 is 15.1 Å². The van der Waals surface area contributed by atoms with Crippen LogP contribution in [-0.4, -0.2) is 36.0 Å². The highest BCUT2D eigenvalue weighted by Crippen LogP contribution is 2.27. The second-order valence-corrected chi connectivity index (χ2v) is 6.71. The zero-order chi connectivity index (χ0) is 17.5. The van der Waals surface area contributed by atoms with Gasteiger partial charge in [0.05, 0.1) is 18.3 Å². The zero-order valence-electron chi connectivity index (χ0n) is 14.4. The molecule has 130 valence electrons. The molecule has 2 rings (SSSR count). The summed E-state index contributed by atoms with van der Waals surface area (Å²) < 4.78 is 1.93. The summed E-state index contributed by atoms with van der Waals surface area (Å²) in [7, 11) is 1.94. The van der Waals surface area contributed by atoms with Crippen molar-refractivity contribution in [3.8, 4) is 0 Å². The molecule has 7 heteroatoms. The van der Waals surface area contributed by atoms with Crippen molar-refractivity contribution in [2.24, 2.45) is 17.3 Å². The summed E-state index contributed by atoms with van der Waals surface area (Å²) >= 11 is 1.54. The van der Waals surface area contributed by atoms with E-state index < -0.39 is 6.10 Å². The summed E-state index contributed by atoms with van der Waals surface area (Å²) in [6, 6.07) is 5.97. The summed E-state index contributed by atoms with van der Waals surface area (Å²) in [4.78, 5) is 2.08. The summed E-state index contributed by atoms with van der Waals surface area (Å²) in [6.45, 7) is 5.14. The molecule has 1 atom stereocenters. The lowest BCUT2D eigenvalue weighted by Gasteiger charge is -2.26. The van der Waals surface area contributed by atoms with E-state index in [9.17, 15) is 5.11 Å². The van der Waals surface area contributed by atoms with E-state index in [1.165, 1.54) is 0 Å². The molecule has 0 bridgehead atoms. The number of hydrogen-bond acceptors (Lipinski definition) is 6. The summed E-state index contributed by atoms with van der Waals surface area (Å²) in [5.74, 6) is 0. The minimum Gasteiger partial charge on any atom is -0.396 e.